The fourth-order valence-electron chi connectivity index (χ4n) is 3.31. The van der Waals surface area contributed by atoms with Crippen LogP contribution in [0.2, 0.25) is 0 Å². The van der Waals surface area contributed by atoms with Gasteiger partial charge >= 0.3 is 0 Å². The van der Waals surface area contributed by atoms with E-state index in [0.29, 0.717) is 25.2 Å². The van der Waals surface area contributed by atoms with Crippen LogP contribution in [0.3, 0.4) is 0 Å². The molecule has 2 aromatic rings. The number of carbonyl (C=O) groups is 1. The zero-order valence-electron chi connectivity index (χ0n) is 15.8. The number of nitrogens with one attached hydrogen (secondary N) is 1. The number of aliphatic hydroxyl groups is 1. The summed E-state index contributed by atoms with van der Waals surface area (Å²) >= 11 is 0. The van der Waals surface area contributed by atoms with Gasteiger partial charge in [0, 0.05) is 31.3 Å². The van der Waals surface area contributed by atoms with Crippen molar-refractivity contribution in [1.29, 1.82) is 0 Å². The average molecular weight is 375 g/mol. The number of aromatic nitrogens is 3. The number of piperidine rings is 1. The molecule has 3 rings (SSSR count). The van der Waals surface area contributed by atoms with Gasteiger partial charge in [0.2, 0.25) is 5.91 Å². The van der Waals surface area contributed by atoms with Gasteiger partial charge in [-0.15, -0.1) is 0 Å². The van der Waals surface area contributed by atoms with E-state index in [9.17, 15) is 14.7 Å². The minimum Gasteiger partial charge on any atom is -0.390 e. The first-order chi connectivity index (χ1) is 12.8. The van der Waals surface area contributed by atoms with Crippen molar-refractivity contribution in [3.8, 4) is 0 Å². The molecule has 9 nitrogen and oxygen atoms in total. The second-order valence-electron chi connectivity index (χ2n) is 7.04. The summed E-state index contributed by atoms with van der Waals surface area (Å²) in [5, 5.41) is 21.3. The Morgan fingerprint density at radius 2 is 2.15 bits per heavy atom. The Hall–Kier alpha value is -2.52. The van der Waals surface area contributed by atoms with E-state index >= 15 is 0 Å². The molecule has 1 saturated heterocycles. The molecule has 1 fully saturated rings. The third-order valence-corrected chi connectivity index (χ3v) is 4.87. The number of hydrogen-bond donors (Lipinski definition) is 2. The second kappa shape index (κ2) is 8.01. The van der Waals surface area contributed by atoms with Crippen molar-refractivity contribution < 1.29 is 14.4 Å². The van der Waals surface area contributed by atoms with Crippen LogP contribution >= 0.6 is 0 Å². The summed E-state index contributed by atoms with van der Waals surface area (Å²) in [5.74, 6) is 0.451. The first-order valence-corrected chi connectivity index (χ1v) is 9.00. The number of hydrogen-bond acceptors (Lipinski definition) is 7. The number of likely N-dealkylation sites (tertiary alicyclic amines) is 1. The Labute approximate surface area is 157 Å². The third kappa shape index (κ3) is 4.61. The molecular weight excluding hydrogens is 350 g/mol. The SMILES string of the molecule is Cc1ccc(=O)n(CC(=O)N[C@@H]2CCN(Cc3c(C)noc3C)C[C@H]2O)n1. The summed E-state index contributed by atoms with van der Waals surface area (Å²) in [5.41, 5.74) is 2.23. The van der Waals surface area contributed by atoms with Gasteiger partial charge in [-0.3, -0.25) is 14.5 Å². The summed E-state index contributed by atoms with van der Waals surface area (Å²) in [6, 6.07) is 2.64. The molecule has 1 aliphatic heterocycles. The lowest BCUT2D eigenvalue weighted by Gasteiger charge is -2.36. The third-order valence-electron chi connectivity index (χ3n) is 4.87. The Balaban J connectivity index is 1.54. The summed E-state index contributed by atoms with van der Waals surface area (Å²) < 4.78 is 6.31. The summed E-state index contributed by atoms with van der Waals surface area (Å²) in [4.78, 5) is 26.1. The van der Waals surface area contributed by atoms with E-state index in [4.69, 9.17) is 4.52 Å². The van der Waals surface area contributed by atoms with Gasteiger partial charge in [-0.1, -0.05) is 5.16 Å². The monoisotopic (exact) mass is 375 g/mol. The highest BCUT2D eigenvalue weighted by molar-refractivity contribution is 5.76. The van der Waals surface area contributed by atoms with Gasteiger partial charge in [0.05, 0.1) is 23.5 Å². The molecule has 0 radical (unpaired) electrons. The molecule has 2 N–H and O–H groups in total. The normalized spacial score (nSPS) is 20.6. The van der Waals surface area contributed by atoms with Crippen LogP contribution in [0.5, 0.6) is 0 Å². The second-order valence-corrected chi connectivity index (χ2v) is 7.04. The van der Waals surface area contributed by atoms with Crippen LogP contribution in [0.25, 0.3) is 0 Å². The minimum absolute atomic E-state index is 0.160. The van der Waals surface area contributed by atoms with Crippen LogP contribution in [0.4, 0.5) is 0 Å². The van der Waals surface area contributed by atoms with Crippen LogP contribution < -0.4 is 10.9 Å². The predicted octanol–water partition coefficient (Wildman–Crippen LogP) is -0.0918. The Bertz CT molecular complexity index is 855. The highest BCUT2D eigenvalue weighted by Gasteiger charge is 2.29. The number of carbonyl (C=O) groups excluding carboxylic acids is 1. The van der Waals surface area contributed by atoms with Crippen molar-refractivity contribution in [2.45, 2.75) is 52.4 Å². The number of nitrogens with zero attached hydrogens (tertiary/aromatic N) is 4. The zero-order chi connectivity index (χ0) is 19.6. The molecule has 146 valence electrons. The van der Waals surface area contributed by atoms with Gasteiger partial charge in [0.1, 0.15) is 12.3 Å². The molecule has 1 aliphatic rings. The molecule has 0 aromatic carbocycles. The lowest BCUT2D eigenvalue weighted by molar-refractivity contribution is -0.124. The van der Waals surface area contributed by atoms with Crippen molar-refractivity contribution in [2.75, 3.05) is 13.1 Å². The molecule has 0 spiro atoms. The number of aliphatic hydroxyl groups excluding tert-OH is 1. The van der Waals surface area contributed by atoms with Crippen molar-refractivity contribution in [2.24, 2.45) is 0 Å². The van der Waals surface area contributed by atoms with Gasteiger partial charge < -0.3 is 14.9 Å². The average Bonchev–Trinajstić information content (AvgIpc) is 2.92. The molecule has 1 amide bonds. The fraction of sp³-hybridized carbons (Fsp3) is 0.556. The maximum atomic E-state index is 12.3. The largest absolute Gasteiger partial charge is 0.390 e. The molecule has 2 aromatic heterocycles. The molecule has 0 unspecified atom stereocenters. The number of rotatable bonds is 5. The standard InChI is InChI=1S/C18H25N5O4/c1-11-4-5-18(26)23(20-11)10-17(25)19-15-6-7-22(9-16(15)24)8-14-12(2)21-27-13(14)3/h4-5,15-16,24H,6-10H2,1-3H3,(H,19,25)/t15-,16-/m1/s1. The summed E-state index contributed by atoms with van der Waals surface area (Å²) in [7, 11) is 0. The van der Waals surface area contributed by atoms with E-state index in [0.717, 1.165) is 28.2 Å². The topological polar surface area (TPSA) is 113 Å². The number of aryl methyl sites for hydroxylation is 3. The van der Waals surface area contributed by atoms with E-state index < -0.39 is 6.10 Å². The van der Waals surface area contributed by atoms with Gasteiger partial charge in [0.25, 0.3) is 5.56 Å². The van der Waals surface area contributed by atoms with E-state index in [1.165, 1.54) is 6.07 Å². The molecular formula is C18H25N5O4. The Kier molecular flexibility index (Phi) is 5.71. The fourth-order valence-corrected chi connectivity index (χ4v) is 3.31. The van der Waals surface area contributed by atoms with Crippen molar-refractivity contribution in [3.05, 3.63) is 45.2 Å². The lowest BCUT2D eigenvalue weighted by Crippen LogP contribution is -2.54. The van der Waals surface area contributed by atoms with E-state index in [2.05, 4.69) is 20.5 Å². The molecule has 27 heavy (non-hydrogen) atoms. The summed E-state index contributed by atoms with van der Waals surface area (Å²) in [6.45, 7) is 7.20. The molecule has 0 aliphatic carbocycles. The van der Waals surface area contributed by atoms with Crippen LogP contribution in [0.15, 0.2) is 21.5 Å². The predicted molar refractivity (Wildman–Crippen MR) is 97.0 cm³/mol. The Morgan fingerprint density at radius 1 is 1.37 bits per heavy atom. The van der Waals surface area contributed by atoms with Crippen LogP contribution in [-0.2, 0) is 17.9 Å². The van der Waals surface area contributed by atoms with Gasteiger partial charge in [-0.25, -0.2) is 4.68 Å². The van der Waals surface area contributed by atoms with E-state index in [1.54, 1.807) is 13.0 Å². The van der Waals surface area contributed by atoms with Gasteiger partial charge in [0.15, 0.2) is 0 Å². The highest BCUT2D eigenvalue weighted by atomic mass is 16.5. The van der Waals surface area contributed by atoms with Crippen molar-refractivity contribution in [3.63, 3.8) is 0 Å². The van der Waals surface area contributed by atoms with Crippen LogP contribution in [-0.4, -0.2) is 56.1 Å². The van der Waals surface area contributed by atoms with Crippen molar-refractivity contribution in [1.82, 2.24) is 25.2 Å². The molecule has 0 saturated carbocycles. The minimum atomic E-state index is -0.689. The van der Waals surface area contributed by atoms with Gasteiger partial charge in [-0.05, 0) is 33.3 Å². The first kappa shape index (κ1) is 19.2. The molecule has 0 bridgehead atoms. The quantitative estimate of drug-likeness (QED) is 0.751. The van der Waals surface area contributed by atoms with Crippen LogP contribution in [0.1, 0.15) is 29.1 Å². The number of β-amino-alcohol motifs (C(OH)–C–C–N with tert-alkyl or cyclic N) is 1. The Morgan fingerprint density at radius 3 is 2.81 bits per heavy atom. The smallest absolute Gasteiger partial charge is 0.267 e. The number of amides is 1. The van der Waals surface area contributed by atoms with Gasteiger partial charge in [-0.2, -0.15) is 5.10 Å². The van der Waals surface area contributed by atoms with E-state index in [-0.39, 0.29) is 24.1 Å². The van der Waals surface area contributed by atoms with Crippen molar-refractivity contribution >= 4 is 5.91 Å². The first-order valence-electron chi connectivity index (χ1n) is 9.00. The molecule has 9 heteroatoms. The zero-order valence-corrected chi connectivity index (χ0v) is 15.8. The highest BCUT2D eigenvalue weighted by Crippen LogP contribution is 2.19. The maximum absolute atomic E-state index is 12.3. The summed E-state index contributed by atoms with van der Waals surface area (Å²) in [6.07, 6.45) is -0.0720. The van der Waals surface area contributed by atoms with Crippen LogP contribution in [0, 0.1) is 20.8 Å². The maximum Gasteiger partial charge on any atom is 0.267 e. The molecule has 3 heterocycles. The van der Waals surface area contributed by atoms with E-state index in [1.807, 2.05) is 13.8 Å². The molecule has 2 atom stereocenters. The lowest BCUT2D eigenvalue weighted by atomic mass is 10.0.